The number of nitrogens with zero attached hydrogens (tertiary/aromatic N) is 1. The molecule has 126 valence electrons. The van der Waals surface area contributed by atoms with Gasteiger partial charge in [-0.25, -0.2) is 4.98 Å². The topological polar surface area (TPSA) is 63.2 Å². The van der Waals surface area contributed by atoms with E-state index in [0.29, 0.717) is 17.1 Å². The lowest BCUT2D eigenvalue weighted by Crippen LogP contribution is -2.12. The number of carbonyl (C=O) groups excluding carboxylic acids is 1. The average Bonchev–Trinajstić information content (AvgIpc) is 2.65. The van der Waals surface area contributed by atoms with Gasteiger partial charge in [0.15, 0.2) is 0 Å². The fraction of sp³-hybridized carbons (Fsp3) is 0.0526. The SMILES string of the molecule is COc1ccc(NC(=O)c2ccc(Nc3ccc(Br)cc3)nc2)cc1. The molecule has 0 spiro atoms. The largest absolute Gasteiger partial charge is 0.497 e. The van der Waals surface area contributed by atoms with Crippen LogP contribution < -0.4 is 15.4 Å². The Kier molecular flexibility index (Phi) is 5.30. The number of nitrogens with one attached hydrogen (secondary N) is 2. The van der Waals surface area contributed by atoms with Gasteiger partial charge in [-0.1, -0.05) is 15.9 Å². The number of aromatic nitrogens is 1. The molecule has 0 aliphatic carbocycles. The number of rotatable bonds is 5. The highest BCUT2D eigenvalue weighted by Gasteiger charge is 2.07. The summed E-state index contributed by atoms with van der Waals surface area (Å²) in [6.07, 6.45) is 1.54. The van der Waals surface area contributed by atoms with Gasteiger partial charge < -0.3 is 15.4 Å². The van der Waals surface area contributed by atoms with Crippen LogP contribution in [0.1, 0.15) is 10.4 Å². The highest BCUT2D eigenvalue weighted by atomic mass is 79.9. The number of halogens is 1. The Hall–Kier alpha value is -2.86. The number of amides is 1. The third-order valence-corrected chi connectivity index (χ3v) is 4.02. The second kappa shape index (κ2) is 7.81. The lowest BCUT2D eigenvalue weighted by Gasteiger charge is -2.08. The van der Waals surface area contributed by atoms with Crippen LogP contribution >= 0.6 is 15.9 Å². The Morgan fingerprint density at radius 2 is 1.64 bits per heavy atom. The number of benzene rings is 2. The first-order valence-corrected chi connectivity index (χ1v) is 8.37. The predicted octanol–water partition coefficient (Wildman–Crippen LogP) is 4.85. The van der Waals surface area contributed by atoms with Crippen LogP contribution in [0.5, 0.6) is 5.75 Å². The van der Waals surface area contributed by atoms with Crippen LogP contribution in [-0.4, -0.2) is 18.0 Å². The van der Waals surface area contributed by atoms with Crippen molar-refractivity contribution in [2.24, 2.45) is 0 Å². The van der Waals surface area contributed by atoms with E-state index in [1.807, 2.05) is 24.3 Å². The molecule has 6 heteroatoms. The summed E-state index contributed by atoms with van der Waals surface area (Å²) in [6, 6.07) is 18.4. The van der Waals surface area contributed by atoms with E-state index in [1.54, 1.807) is 49.7 Å². The van der Waals surface area contributed by atoms with Gasteiger partial charge in [-0.05, 0) is 60.7 Å². The first-order chi connectivity index (χ1) is 12.1. The van der Waals surface area contributed by atoms with E-state index in [1.165, 1.54) is 0 Å². The molecule has 1 heterocycles. The zero-order chi connectivity index (χ0) is 17.6. The molecule has 3 rings (SSSR count). The van der Waals surface area contributed by atoms with Gasteiger partial charge in [-0.15, -0.1) is 0 Å². The highest BCUT2D eigenvalue weighted by Crippen LogP contribution is 2.19. The Balaban J connectivity index is 1.64. The maximum atomic E-state index is 12.3. The van der Waals surface area contributed by atoms with E-state index in [0.717, 1.165) is 15.9 Å². The van der Waals surface area contributed by atoms with Crippen molar-refractivity contribution < 1.29 is 9.53 Å². The lowest BCUT2D eigenvalue weighted by atomic mass is 10.2. The Morgan fingerprint density at radius 1 is 0.960 bits per heavy atom. The van der Waals surface area contributed by atoms with E-state index < -0.39 is 0 Å². The monoisotopic (exact) mass is 397 g/mol. The third kappa shape index (κ3) is 4.58. The minimum absolute atomic E-state index is 0.215. The fourth-order valence-corrected chi connectivity index (χ4v) is 2.43. The minimum atomic E-state index is -0.215. The number of carbonyl (C=O) groups is 1. The van der Waals surface area contributed by atoms with Crippen molar-refractivity contribution in [2.45, 2.75) is 0 Å². The third-order valence-electron chi connectivity index (χ3n) is 3.49. The van der Waals surface area contributed by atoms with E-state index in [9.17, 15) is 4.79 Å². The van der Waals surface area contributed by atoms with Crippen molar-refractivity contribution in [3.8, 4) is 5.75 Å². The molecule has 5 nitrogen and oxygen atoms in total. The molecule has 2 aromatic carbocycles. The van der Waals surface area contributed by atoms with E-state index in [2.05, 4.69) is 31.5 Å². The molecule has 1 amide bonds. The van der Waals surface area contributed by atoms with Crippen molar-refractivity contribution in [1.82, 2.24) is 4.98 Å². The number of hydrogen-bond acceptors (Lipinski definition) is 4. The van der Waals surface area contributed by atoms with Gasteiger partial charge >= 0.3 is 0 Å². The summed E-state index contributed by atoms with van der Waals surface area (Å²) in [7, 11) is 1.60. The quantitative estimate of drug-likeness (QED) is 0.645. The summed E-state index contributed by atoms with van der Waals surface area (Å²) in [5.41, 5.74) is 2.10. The predicted molar refractivity (Wildman–Crippen MR) is 103 cm³/mol. The van der Waals surface area contributed by atoms with Crippen molar-refractivity contribution in [1.29, 1.82) is 0 Å². The van der Waals surface area contributed by atoms with Gasteiger partial charge in [-0.3, -0.25) is 4.79 Å². The molecule has 0 unspecified atom stereocenters. The van der Waals surface area contributed by atoms with E-state index in [4.69, 9.17) is 4.74 Å². The highest BCUT2D eigenvalue weighted by molar-refractivity contribution is 9.10. The van der Waals surface area contributed by atoms with Crippen LogP contribution in [0.2, 0.25) is 0 Å². The average molecular weight is 398 g/mol. The first kappa shape index (κ1) is 17.0. The van der Waals surface area contributed by atoms with Crippen LogP contribution in [0, 0.1) is 0 Å². The first-order valence-electron chi connectivity index (χ1n) is 7.58. The van der Waals surface area contributed by atoms with Crippen molar-refractivity contribution >= 4 is 39.0 Å². The van der Waals surface area contributed by atoms with Gasteiger partial charge in [0.05, 0.1) is 12.7 Å². The lowest BCUT2D eigenvalue weighted by molar-refractivity contribution is 0.102. The molecule has 0 atom stereocenters. The number of pyridine rings is 1. The zero-order valence-corrected chi connectivity index (χ0v) is 15.1. The zero-order valence-electron chi connectivity index (χ0n) is 13.5. The molecule has 0 fully saturated rings. The van der Waals surface area contributed by atoms with Gasteiger partial charge in [0.25, 0.3) is 5.91 Å². The van der Waals surface area contributed by atoms with E-state index in [-0.39, 0.29) is 5.91 Å². The molecule has 0 aliphatic heterocycles. The van der Waals surface area contributed by atoms with Crippen LogP contribution in [0.15, 0.2) is 71.3 Å². The summed E-state index contributed by atoms with van der Waals surface area (Å²) >= 11 is 3.40. The van der Waals surface area contributed by atoms with Crippen molar-refractivity contribution in [2.75, 3.05) is 17.7 Å². The van der Waals surface area contributed by atoms with Gasteiger partial charge in [0.1, 0.15) is 11.6 Å². The molecule has 0 bridgehead atoms. The molecule has 3 aromatic rings. The standard InChI is InChI=1S/C19H16BrN3O2/c1-25-17-9-7-16(8-10-17)23-19(24)13-2-11-18(21-12-13)22-15-5-3-14(20)4-6-15/h2-12H,1H3,(H,21,22)(H,23,24). The molecule has 0 radical (unpaired) electrons. The molecule has 1 aromatic heterocycles. The molecular formula is C19H16BrN3O2. The van der Waals surface area contributed by atoms with Gasteiger partial charge in [-0.2, -0.15) is 0 Å². The van der Waals surface area contributed by atoms with E-state index >= 15 is 0 Å². The molecule has 0 saturated heterocycles. The number of ether oxygens (including phenoxy) is 1. The molecular weight excluding hydrogens is 382 g/mol. The number of methoxy groups -OCH3 is 1. The second-order valence-electron chi connectivity index (χ2n) is 5.25. The molecule has 2 N–H and O–H groups in total. The van der Waals surface area contributed by atoms with Gasteiger partial charge in [0, 0.05) is 22.0 Å². The van der Waals surface area contributed by atoms with Crippen LogP contribution in [-0.2, 0) is 0 Å². The minimum Gasteiger partial charge on any atom is -0.497 e. The number of hydrogen-bond donors (Lipinski definition) is 2. The summed E-state index contributed by atoms with van der Waals surface area (Å²) in [4.78, 5) is 16.6. The molecule has 25 heavy (non-hydrogen) atoms. The maximum Gasteiger partial charge on any atom is 0.257 e. The normalized spacial score (nSPS) is 10.2. The molecule has 0 saturated carbocycles. The second-order valence-corrected chi connectivity index (χ2v) is 6.16. The molecule has 0 aliphatic rings. The van der Waals surface area contributed by atoms with Crippen molar-refractivity contribution in [3.63, 3.8) is 0 Å². The Labute approximate surface area is 154 Å². The summed E-state index contributed by atoms with van der Waals surface area (Å²) in [6.45, 7) is 0. The maximum absolute atomic E-state index is 12.3. The summed E-state index contributed by atoms with van der Waals surface area (Å²) in [5.74, 6) is 1.19. The Bertz CT molecular complexity index is 847. The summed E-state index contributed by atoms with van der Waals surface area (Å²) in [5, 5.41) is 6.01. The van der Waals surface area contributed by atoms with Gasteiger partial charge in [0.2, 0.25) is 0 Å². The fourth-order valence-electron chi connectivity index (χ4n) is 2.16. The van der Waals surface area contributed by atoms with Crippen LogP contribution in [0.3, 0.4) is 0 Å². The van der Waals surface area contributed by atoms with Crippen LogP contribution in [0.4, 0.5) is 17.2 Å². The smallest absolute Gasteiger partial charge is 0.257 e. The van der Waals surface area contributed by atoms with Crippen molar-refractivity contribution in [3.05, 3.63) is 76.9 Å². The van der Waals surface area contributed by atoms with Crippen LogP contribution in [0.25, 0.3) is 0 Å². The summed E-state index contributed by atoms with van der Waals surface area (Å²) < 4.78 is 6.11. The number of anilines is 3. The Morgan fingerprint density at radius 3 is 2.24 bits per heavy atom.